The van der Waals surface area contributed by atoms with Gasteiger partial charge in [0, 0.05) is 6.42 Å². The van der Waals surface area contributed by atoms with Crippen LogP contribution in [0.15, 0.2) is 4.52 Å². The van der Waals surface area contributed by atoms with Gasteiger partial charge in [-0.05, 0) is 25.3 Å². The minimum absolute atomic E-state index is 0.0224. The topological polar surface area (TPSA) is 51.0 Å². The summed E-state index contributed by atoms with van der Waals surface area (Å²) in [4.78, 5) is 4.07. The van der Waals surface area contributed by atoms with Crippen molar-refractivity contribution in [3.05, 3.63) is 11.7 Å². The second kappa shape index (κ2) is 5.90. The summed E-state index contributed by atoms with van der Waals surface area (Å²) in [6.45, 7) is 3.01. The summed E-state index contributed by atoms with van der Waals surface area (Å²) >= 11 is 0. The fourth-order valence-corrected chi connectivity index (χ4v) is 2.32. The predicted molar refractivity (Wildman–Crippen MR) is 62.4 cm³/mol. The number of hydrogen-bond donors (Lipinski definition) is 1. The number of rotatable bonds is 4. The molecule has 19 heavy (non-hydrogen) atoms. The first kappa shape index (κ1) is 14.3. The molecule has 1 saturated heterocycles. The highest BCUT2D eigenvalue weighted by Gasteiger charge is 2.29. The summed E-state index contributed by atoms with van der Waals surface area (Å²) < 4.78 is 41.4. The van der Waals surface area contributed by atoms with Crippen molar-refractivity contribution in [3.8, 4) is 0 Å². The van der Waals surface area contributed by atoms with Crippen molar-refractivity contribution < 1.29 is 17.7 Å². The van der Waals surface area contributed by atoms with Crippen LogP contribution in [0.3, 0.4) is 0 Å². The summed E-state index contributed by atoms with van der Waals surface area (Å²) in [6, 6.07) is -0.0224. The van der Waals surface area contributed by atoms with E-state index in [1.54, 1.807) is 0 Å². The van der Waals surface area contributed by atoms with Gasteiger partial charge in [0.15, 0.2) is 5.82 Å². The van der Waals surface area contributed by atoms with Crippen molar-refractivity contribution in [3.63, 3.8) is 0 Å². The van der Waals surface area contributed by atoms with Gasteiger partial charge in [0.25, 0.3) is 0 Å². The number of alkyl halides is 3. The van der Waals surface area contributed by atoms with E-state index in [2.05, 4.69) is 22.4 Å². The molecule has 1 N–H and O–H groups in total. The Morgan fingerprint density at radius 1 is 1.42 bits per heavy atom. The van der Waals surface area contributed by atoms with E-state index in [0.717, 1.165) is 25.8 Å². The van der Waals surface area contributed by atoms with Gasteiger partial charge in [-0.15, -0.1) is 0 Å². The first-order chi connectivity index (χ1) is 8.98. The third kappa shape index (κ3) is 4.19. The van der Waals surface area contributed by atoms with Crippen LogP contribution >= 0.6 is 0 Å². The molecule has 1 aromatic rings. The molecule has 0 amide bonds. The fraction of sp³-hybridized carbons (Fsp3) is 0.833. The van der Waals surface area contributed by atoms with Crippen molar-refractivity contribution in [2.24, 2.45) is 5.92 Å². The molecular weight excluding hydrogens is 259 g/mol. The third-order valence-electron chi connectivity index (χ3n) is 3.50. The molecule has 2 atom stereocenters. The average molecular weight is 277 g/mol. The van der Waals surface area contributed by atoms with Crippen LogP contribution in [-0.4, -0.2) is 22.9 Å². The van der Waals surface area contributed by atoms with Crippen LogP contribution in [0.1, 0.15) is 50.4 Å². The van der Waals surface area contributed by atoms with E-state index in [1.807, 2.05) is 0 Å². The van der Waals surface area contributed by atoms with E-state index in [1.165, 1.54) is 0 Å². The van der Waals surface area contributed by atoms with Crippen LogP contribution in [0.5, 0.6) is 0 Å². The smallest absolute Gasteiger partial charge is 0.338 e. The largest absolute Gasteiger partial charge is 0.389 e. The maximum Gasteiger partial charge on any atom is 0.389 e. The Morgan fingerprint density at radius 3 is 2.89 bits per heavy atom. The Balaban J connectivity index is 1.93. The number of aryl methyl sites for hydroxylation is 1. The van der Waals surface area contributed by atoms with Gasteiger partial charge in [-0.2, -0.15) is 18.2 Å². The lowest BCUT2D eigenvalue weighted by Gasteiger charge is -2.27. The van der Waals surface area contributed by atoms with Gasteiger partial charge in [0.1, 0.15) is 0 Å². The molecule has 2 heterocycles. The maximum absolute atomic E-state index is 12.1. The number of nitrogens with zero attached hydrogens (tertiary/aromatic N) is 2. The van der Waals surface area contributed by atoms with Crippen LogP contribution in [0.4, 0.5) is 13.2 Å². The molecule has 0 radical (unpaired) electrons. The second-order valence-electron chi connectivity index (χ2n) is 4.97. The highest BCUT2D eigenvalue weighted by Crippen LogP contribution is 2.28. The van der Waals surface area contributed by atoms with Crippen molar-refractivity contribution in [1.29, 1.82) is 0 Å². The van der Waals surface area contributed by atoms with Crippen molar-refractivity contribution in [2.45, 2.75) is 51.2 Å². The van der Waals surface area contributed by atoms with E-state index in [9.17, 15) is 13.2 Å². The van der Waals surface area contributed by atoms with Gasteiger partial charge < -0.3 is 9.84 Å². The van der Waals surface area contributed by atoms with Gasteiger partial charge in [0.05, 0.1) is 12.5 Å². The molecule has 0 aliphatic carbocycles. The molecule has 1 aliphatic heterocycles. The SMILES string of the molecule is CCC1CCNC(c2nc(CCC(F)(F)F)no2)C1. The Hall–Kier alpha value is -1.11. The van der Waals surface area contributed by atoms with Crippen LogP contribution in [-0.2, 0) is 6.42 Å². The maximum atomic E-state index is 12.1. The Bertz CT molecular complexity index is 405. The van der Waals surface area contributed by atoms with E-state index < -0.39 is 12.6 Å². The molecule has 2 rings (SSSR count). The molecular formula is C12H18F3N3O. The molecule has 1 fully saturated rings. The lowest BCUT2D eigenvalue weighted by molar-refractivity contribution is -0.134. The number of hydrogen-bond acceptors (Lipinski definition) is 4. The number of aromatic nitrogens is 2. The molecule has 7 heteroatoms. The van der Waals surface area contributed by atoms with Crippen LogP contribution in [0, 0.1) is 5.92 Å². The Kier molecular flexibility index (Phi) is 4.44. The molecule has 108 valence electrons. The van der Waals surface area contributed by atoms with Gasteiger partial charge in [-0.3, -0.25) is 0 Å². The molecule has 0 bridgehead atoms. The van der Waals surface area contributed by atoms with Crippen molar-refractivity contribution in [2.75, 3.05) is 6.54 Å². The zero-order chi connectivity index (χ0) is 13.9. The predicted octanol–water partition coefficient (Wildman–Crippen LogP) is 3.02. The molecule has 4 nitrogen and oxygen atoms in total. The normalized spacial score (nSPS) is 24.6. The van der Waals surface area contributed by atoms with Crippen LogP contribution < -0.4 is 5.32 Å². The quantitative estimate of drug-likeness (QED) is 0.919. The summed E-state index contributed by atoms with van der Waals surface area (Å²) in [5.41, 5.74) is 0. The lowest BCUT2D eigenvalue weighted by atomic mass is 9.90. The van der Waals surface area contributed by atoms with Crippen molar-refractivity contribution >= 4 is 0 Å². The molecule has 0 spiro atoms. The van der Waals surface area contributed by atoms with E-state index in [-0.39, 0.29) is 18.3 Å². The lowest BCUT2D eigenvalue weighted by Crippen LogP contribution is -2.31. The molecule has 0 aromatic carbocycles. The van der Waals surface area contributed by atoms with Gasteiger partial charge >= 0.3 is 6.18 Å². The molecule has 2 unspecified atom stereocenters. The van der Waals surface area contributed by atoms with Gasteiger partial charge in [-0.25, -0.2) is 0 Å². The summed E-state index contributed by atoms with van der Waals surface area (Å²) in [6.07, 6.45) is -2.22. The third-order valence-corrected chi connectivity index (χ3v) is 3.50. The number of piperidine rings is 1. The first-order valence-corrected chi connectivity index (χ1v) is 6.60. The van der Waals surface area contributed by atoms with Gasteiger partial charge in [-0.1, -0.05) is 18.5 Å². The van der Waals surface area contributed by atoms with E-state index >= 15 is 0 Å². The Labute approximate surface area is 109 Å². The van der Waals surface area contributed by atoms with E-state index in [4.69, 9.17) is 4.52 Å². The highest BCUT2D eigenvalue weighted by atomic mass is 19.4. The molecule has 0 saturated carbocycles. The highest BCUT2D eigenvalue weighted by molar-refractivity contribution is 4.96. The van der Waals surface area contributed by atoms with E-state index in [0.29, 0.717) is 11.8 Å². The fourth-order valence-electron chi connectivity index (χ4n) is 2.32. The van der Waals surface area contributed by atoms with Crippen LogP contribution in [0.2, 0.25) is 0 Å². The van der Waals surface area contributed by atoms with Crippen molar-refractivity contribution in [1.82, 2.24) is 15.5 Å². The zero-order valence-corrected chi connectivity index (χ0v) is 10.8. The first-order valence-electron chi connectivity index (χ1n) is 6.60. The summed E-state index contributed by atoms with van der Waals surface area (Å²) in [5.74, 6) is 1.15. The minimum atomic E-state index is -4.18. The summed E-state index contributed by atoms with van der Waals surface area (Å²) in [7, 11) is 0. The average Bonchev–Trinajstić information content (AvgIpc) is 2.84. The standard InChI is InChI=1S/C12H18F3N3O/c1-2-8-4-6-16-9(7-8)11-17-10(18-19-11)3-5-12(13,14)15/h8-9,16H,2-7H2,1H3. The second-order valence-corrected chi connectivity index (χ2v) is 4.97. The molecule has 1 aromatic heterocycles. The minimum Gasteiger partial charge on any atom is -0.338 e. The number of halogens is 3. The Morgan fingerprint density at radius 2 is 2.21 bits per heavy atom. The summed E-state index contributed by atoms with van der Waals surface area (Å²) in [5, 5.41) is 6.89. The number of nitrogens with one attached hydrogen (secondary N) is 1. The van der Waals surface area contributed by atoms with Crippen LogP contribution in [0.25, 0.3) is 0 Å². The monoisotopic (exact) mass is 277 g/mol. The van der Waals surface area contributed by atoms with Gasteiger partial charge in [0.2, 0.25) is 5.89 Å². The zero-order valence-electron chi connectivity index (χ0n) is 10.8. The molecule has 1 aliphatic rings.